The van der Waals surface area contributed by atoms with E-state index in [9.17, 15) is 0 Å². The van der Waals surface area contributed by atoms with Crippen molar-refractivity contribution in [2.45, 2.75) is 51.4 Å². The monoisotopic (exact) mass is 273 g/mol. The SMILES string of the molecule is Cc1nn(C)cc1C(CN)C12CC3CC(CC(C3)C1)C2. The summed E-state index contributed by atoms with van der Waals surface area (Å²) in [5.41, 5.74) is 9.39. The molecule has 1 unspecified atom stereocenters. The van der Waals surface area contributed by atoms with Gasteiger partial charge in [-0.1, -0.05) is 0 Å². The van der Waals surface area contributed by atoms with Gasteiger partial charge in [0.15, 0.2) is 0 Å². The Morgan fingerprint density at radius 1 is 1.25 bits per heavy atom. The smallest absolute Gasteiger partial charge is 0.0629 e. The molecule has 1 aromatic rings. The Kier molecular flexibility index (Phi) is 2.79. The number of nitrogens with two attached hydrogens (primary N) is 1. The molecule has 4 aliphatic rings. The van der Waals surface area contributed by atoms with Crippen molar-refractivity contribution in [1.82, 2.24) is 9.78 Å². The van der Waals surface area contributed by atoms with Crippen molar-refractivity contribution in [3.8, 4) is 0 Å². The van der Waals surface area contributed by atoms with Crippen molar-refractivity contribution >= 4 is 0 Å². The van der Waals surface area contributed by atoms with Crippen LogP contribution in [0.4, 0.5) is 0 Å². The normalized spacial score (nSPS) is 40.2. The fourth-order valence-corrected chi connectivity index (χ4v) is 6.27. The standard InChI is InChI=1S/C17H27N3/c1-11-15(10-20(2)19-11)16(9-18)17-6-12-3-13(7-17)5-14(4-12)8-17/h10,12-14,16H,3-9,18H2,1-2H3. The maximum absolute atomic E-state index is 6.27. The first-order chi connectivity index (χ1) is 9.59. The van der Waals surface area contributed by atoms with Gasteiger partial charge >= 0.3 is 0 Å². The molecular weight excluding hydrogens is 246 g/mol. The van der Waals surface area contributed by atoms with Gasteiger partial charge in [0, 0.05) is 19.2 Å². The maximum Gasteiger partial charge on any atom is 0.0629 e. The quantitative estimate of drug-likeness (QED) is 0.920. The number of nitrogens with zero attached hydrogens (tertiary/aromatic N) is 2. The maximum atomic E-state index is 6.27. The number of hydrogen-bond acceptors (Lipinski definition) is 2. The second-order valence-electron chi connectivity index (χ2n) is 7.91. The molecule has 1 aromatic heterocycles. The molecule has 4 fully saturated rings. The predicted molar refractivity (Wildman–Crippen MR) is 80.3 cm³/mol. The third-order valence-corrected chi connectivity index (χ3v) is 6.49. The minimum Gasteiger partial charge on any atom is -0.330 e. The van der Waals surface area contributed by atoms with Crippen LogP contribution in [0.1, 0.15) is 55.7 Å². The highest BCUT2D eigenvalue weighted by atomic mass is 15.2. The van der Waals surface area contributed by atoms with Crippen molar-refractivity contribution < 1.29 is 0 Å². The number of rotatable bonds is 3. The van der Waals surface area contributed by atoms with Crippen molar-refractivity contribution in [2.24, 2.45) is 36.0 Å². The summed E-state index contributed by atoms with van der Waals surface area (Å²) in [6.45, 7) is 2.94. The van der Waals surface area contributed by atoms with Gasteiger partial charge in [0.2, 0.25) is 0 Å². The largest absolute Gasteiger partial charge is 0.330 e. The number of aromatic nitrogens is 2. The summed E-state index contributed by atoms with van der Waals surface area (Å²) in [7, 11) is 2.03. The lowest BCUT2D eigenvalue weighted by atomic mass is 9.46. The molecule has 0 saturated heterocycles. The summed E-state index contributed by atoms with van der Waals surface area (Å²) < 4.78 is 1.97. The van der Waals surface area contributed by atoms with Gasteiger partial charge in [0.1, 0.15) is 0 Å². The van der Waals surface area contributed by atoms with E-state index in [1.165, 1.54) is 49.8 Å². The Balaban J connectivity index is 1.72. The van der Waals surface area contributed by atoms with Crippen molar-refractivity contribution in [1.29, 1.82) is 0 Å². The Labute approximate surface area is 121 Å². The van der Waals surface area contributed by atoms with Gasteiger partial charge in [0.05, 0.1) is 5.69 Å². The third kappa shape index (κ3) is 1.78. The van der Waals surface area contributed by atoms with Crippen LogP contribution in [0.25, 0.3) is 0 Å². The predicted octanol–water partition coefficient (Wildman–Crippen LogP) is 2.99. The number of hydrogen-bond donors (Lipinski definition) is 1. The van der Waals surface area contributed by atoms with E-state index in [1.54, 1.807) is 0 Å². The van der Waals surface area contributed by atoms with Gasteiger partial charge in [-0.25, -0.2) is 0 Å². The van der Waals surface area contributed by atoms with Crippen LogP contribution < -0.4 is 5.73 Å². The molecule has 3 heteroatoms. The van der Waals surface area contributed by atoms with Crippen LogP contribution in [0.5, 0.6) is 0 Å². The van der Waals surface area contributed by atoms with Crippen LogP contribution in [0.3, 0.4) is 0 Å². The highest BCUT2D eigenvalue weighted by Crippen LogP contribution is 2.64. The first kappa shape index (κ1) is 12.9. The lowest BCUT2D eigenvalue weighted by Gasteiger charge is -2.59. The molecule has 20 heavy (non-hydrogen) atoms. The molecule has 110 valence electrons. The minimum absolute atomic E-state index is 0.497. The first-order valence-electron chi connectivity index (χ1n) is 8.30. The van der Waals surface area contributed by atoms with Crippen molar-refractivity contribution in [3.05, 3.63) is 17.5 Å². The first-order valence-corrected chi connectivity index (χ1v) is 8.30. The molecule has 4 bridgehead atoms. The van der Waals surface area contributed by atoms with Gasteiger partial charge in [0.25, 0.3) is 0 Å². The lowest BCUT2D eigenvalue weighted by molar-refractivity contribution is -0.0672. The average Bonchev–Trinajstić information content (AvgIpc) is 2.67. The second-order valence-corrected chi connectivity index (χ2v) is 7.91. The Hall–Kier alpha value is -0.830. The average molecular weight is 273 g/mol. The highest BCUT2D eigenvalue weighted by molar-refractivity contribution is 5.26. The zero-order valence-corrected chi connectivity index (χ0v) is 12.8. The van der Waals surface area contributed by atoms with Crippen molar-refractivity contribution in [3.63, 3.8) is 0 Å². The lowest BCUT2D eigenvalue weighted by Crippen LogP contribution is -2.50. The molecule has 3 nitrogen and oxygen atoms in total. The molecule has 0 radical (unpaired) electrons. The zero-order valence-electron chi connectivity index (χ0n) is 12.8. The topological polar surface area (TPSA) is 43.8 Å². The Morgan fingerprint density at radius 3 is 2.20 bits per heavy atom. The zero-order chi connectivity index (χ0) is 13.9. The van der Waals surface area contributed by atoms with Crippen LogP contribution in [0, 0.1) is 30.1 Å². The summed E-state index contributed by atoms with van der Waals surface area (Å²) in [5.74, 6) is 3.51. The van der Waals surface area contributed by atoms with Crippen LogP contribution in [-0.2, 0) is 7.05 Å². The van der Waals surface area contributed by atoms with Gasteiger partial charge in [-0.3, -0.25) is 4.68 Å². The molecule has 2 N–H and O–H groups in total. The van der Waals surface area contributed by atoms with Crippen LogP contribution in [-0.4, -0.2) is 16.3 Å². The van der Waals surface area contributed by atoms with E-state index >= 15 is 0 Å². The molecule has 5 rings (SSSR count). The van der Waals surface area contributed by atoms with E-state index in [4.69, 9.17) is 5.73 Å². The van der Waals surface area contributed by atoms with Gasteiger partial charge in [-0.2, -0.15) is 5.10 Å². The number of aryl methyl sites for hydroxylation is 2. The van der Waals surface area contributed by atoms with Gasteiger partial charge in [-0.15, -0.1) is 0 Å². The van der Waals surface area contributed by atoms with Crippen LogP contribution in [0.2, 0.25) is 0 Å². The molecule has 1 atom stereocenters. The molecular formula is C17H27N3. The van der Waals surface area contributed by atoms with E-state index in [-0.39, 0.29) is 0 Å². The Morgan fingerprint density at radius 2 is 1.80 bits per heavy atom. The van der Waals surface area contributed by atoms with E-state index in [1.807, 2.05) is 11.7 Å². The fourth-order valence-electron chi connectivity index (χ4n) is 6.27. The summed E-state index contributed by atoms with van der Waals surface area (Å²) in [6.07, 6.45) is 11.0. The third-order valence-electron chi connectivity index (χ3n) is 6.49. The van der Waals surface area contributed by atoms with Gasteiger partial charge in [-0.05, 0) is 80.7 Å². The fraction of sp³-hybridized carbons (Fsp3) is 0.824. The van der Waals surface area contributed by atoms with E-state index in [0.717, 1.165) is 24.3 Å². The van der Waals surface area contributed by atoms with Crippen LogP contribution >= 0.6 is 0 Å². The molecule has 4 saturated carbocycles. The summed E-state index contributed by atoms with van der Waals surface area (Å²) in [5, 5.41) is 4.57. The summed E-state index contributed by atoms with van der Waals surface area (Å²) in [6, 6.07) is 0. The Bertz CT molecular complexity index is 481. The van der Waals surface area contributed by atoms with Gasteiger partial charge < -0.3 is 5.73 Å². The van der Waals surface area contributed by atoms with E-state index < -0.39 is 0 Å². The molecule has 0 aromatic carbocycles. The molecule has 1 heterocycles. The van der Waals surface area contributed by atoms with E-state index in [0.29, 0.717) is 11.3 Å². The molecule has 0 spiro atoms. The minimum atomic E-state index is 0.497. The highest BCUT2D eigenvalue weighted by Gasteiger charge is 2.54. The second kappa shape index (κ2) is 4.33. The molecule has 0 aliphatic heterocycles. The summed E-state index contributed by atoms with van der Waals surface area (Å²) in [4.78, 5) is 0. The summed E-state index contributed by atoms with van der Waals surface area (Å²) >= 11 is 0. The van der Waals surface area contributed by atoms with E-state index in [2.05, 4.69) is 18.2 Å². The molecule has 0 amide bonds. The molecule has 4 aliphatic carbocycles. The van der Waals surface area contributed by atoms with Crippen LogP contribution in [0.15, 0.2) is 6.20 Å². The van der Waals surface area contributed by atoms with Crippen molar-refractivity contribution in [2.75, 3.05) is 6.54 Å².